The first-order valence-electron chi connectivity index (χ1n) is 8.96. The van der Waals surface area contributed by atoms with Crippen LogP contribution in [0.15, 0.2) is 41.5 Å². The molecule has 2 heterocycles. The monoisotopic (exact) mass is 397 g/mol. The fourth-order valence-electron chi connectivity index (χ4n) is 2.97. The van der Waals surface area contributed by atoms with E-state index in [0.717, 1.165) is 24.2 Å². The number of benzene rings is 1. The molecule has 0 saturated heterocycles. The van der Waals surface area contributed by atoms with Crippen LogP contribution in [0.4, 0.5) is 0 Å². The van der Waals surface area contributed by atoms with Crippen molar-refractivity contribution in [2.75, 3.05) is 0 Å². The van der Waals surface area contributed by atoms with E-state index in [-0.39, 0.29) is 22.4 Å². The molecule has 1 fully saturated rings. The zero-order chi connectivity index (χ0) is 19.8. The number of aromatic nitrogens is 2. The smallest absolute Gasteiger partial charge is 0.349 e. The lowest BCUT2D eigenvalue weighted by Crippen LogP contribution is -2.33. The number of amides is 1. The second kappa shape index (κ2) is 7.20. The SMILES string of the molecule is Cc1c(C(=O)OC(C(=O)NC2CC2)c2ccccc2)sc2ncn(C)c(=O)c12. The Bertz CT molecular complexity index is 1120. The van der Waals surface area contributed by atoms with Crippen molar-refractivity contribution in [3.05, 3.63) is 63.0 Å². The summed E-state index contributed by atoms with van der Waals surface area (Å²) >= 11 is 1.10. The molecule has 144 valence electrons. The van der Waals surface area contributed by atoms with Crippen LogP contribution in [0.1, 0.15) is 39.7 Å². The Labute approximate surface area is 165 Å². The maximum Gasteiger partial charge on any atom is 0.349 e. The van der Waals surface area contributed by atoms with E-state index in [1.165, 1.54) is 10.9 Å². The third-order valence-corrected chi connectivity index (χ3v) is 5.86. The molecule has 1 atom stereocenters. The van der Waals surface area contributed by atoms with Crippen LogP contribution in [0.3, 0.4) is 0 Å². The molecule has 1 unspecified atom stereocenters. The Balaban J connectivity index is 1.67. The molecule has 0 radical (unpaired) electrons. The second-order valence-corrected chi connectivity index (χ2v) is 7.87. The molecule has 1 aliphatic rings. The first-order chi connectivity index (χ1) is 13.5. The van der Waals surface area contributed by atoms with Gasteiger partial charge in [0, 0.05) is 18.7 Å². The van der Waals surface area contributed by atoms with Crippen LogP contribution in [-0.4, -0.2) is 27.5 Å². The van der Waals surface area contributed by atoms with Crippen LogP contribution < -0.4 is 10.9 Å². The lowest BCUT2D eigenvalue weighted by atomic mass is 10.1. The highest BCUT2D eigenvalue weighted by Crippen LogP contribution is 2.30. The number of hydrogen-bond donors (Lipinski definition) is 1. The van der Waals surface area contributed by atoms with Gasteiger partial charge in [0.25, 0.3) is 11.5 Å². The van der Waals surface area contributed by atoms with E-state index in [9.17, 15) is 14.4 Å². The minimum atomic E-state index is -1.05. The predicted molar refractivity (Wildman–Crippen MR) is 105 cm³/mol. The number of esters is 1. The molecular formula is C20H19N3O4S. The average Bonchev–Trinajstić information content (AvgIpc) is 3.44. The van der Waals surface area contributed by atoms with Gasteiger partial charge in [-0.05, 0) is 25.3 Å². The van der Waals surface area contributed by atoms with E-state index in [2.05, 4.69) is 10.3 Å². The van der Waals surface area contributed by atoms with Crippen LogP contribution in [0, 0.1) is 6.92 Å². The quantitative estimate of drug-likeness (QED) is 0.668. The molecule has 1 aliphatic carbocycles. The number of nitrogens with one attached hydrogen (secondary N) is 1. The normalized spacial score (nSPS) is 14.6. The van der Waals surface area contributed by atoms with Gasteiger partial charge in [-0.15, -0.1) is 11.3 Å². The third kappa shape index (κ3) is 3.43. The minimum Gasteiger partial charge on any atom is -0.443 e. The highest BCUT2D eigenvalue weighted by atomic mass is 32.1. The highest BCUT2D eigenvalue weighted by molar-refractivity contribution is 7.20. The van der Waals surface area contributed by atoms with Gasteiger partial charge in [0.2, 0.25) is 6.10 Å². The standard InChI is InChI=1S/C20H19N3O4S/c1-11-14-18(21-10-23(2)19(14)25)28-16(11)20(26)27-15(12-6-4-3-5-7-12)17(24)22-13-8-9-13/h3-7,10,13,15H,8-9H2,1-2H3,(H,22,24). The number of rotatable bonds is 5. The largest absolute Gasteiger partial charge is 0.443 e. The molecule has 8 heteroatoms. The second-order valence-electron chi connectivity index (χ2n) is 6.88. The zero-order valence-corrected chi connectivity index (χ0v) is 16.3. The van der Waals surface area contributed by atoms with Crippen molar-refractivity contribution in [1.29, 1.82) is 0 Å². The Morgan fingerprint density at radius 3 is 2.68 bits per heavy atom. The van der Waals surface area contributed by atoms with Gasteiger partial charge in [0.05, 0.1) is 11.7 Å². The summed E-state index contributed by atoms with van der Waals surface area (Å²) in [5.41, 5.74) is 0.902. The van der Waals surface area contributed by atoms with Crippen molar-refractivity contribution in [3.63, 3.8) is 0 Å². The fraction of sp³-hybridized carbons (Fsp3) is 0.300. The lowest BCUT2D eigenvalue weighted by Gasteiger charge is -2.17. The van der Waals surface area contributed by atoms with E-state index in [0.29, 0.717) is 21.3 Å². The van der Waals surface area contributed by atoms with E-state index in [4.69, 9.17) is 4.74 Å². The average molecular weight is 397 g/mol. The molecule has 1 N–H and O–H groups in total. The summed E-state index contributed by atoms with van der Waals surface area (Å²) in [6.45, 7) is 1.69. The van der Waals surface area contributed by atoms with Crippen LogP contribution in [0.25, 0.3) is 10.2 Å². The fourth-order valence-corrected chi connectivity index (χ4v) is 3.99. The van der Waals surface area contributed by atoms with Gasteiger partial charge in [0.15, 0.2) is 0 Å². The Morgan fingerprint density at radius 2 is 2.00 bits per heavy atom. The van der Waals surface area contributed by atoms with Gasteiger partial charge in [-0.1, -0.05) is 30.3 Å². The molecule has 7 nitrogen and oxygen atoms in total. The summed E-state index contributed by atoms with van der Waals surface area (Å²) < 4.78 is 6.98. The molecule has 1 amide bonds. The summed E-state index contributed by atoms with van der Waals surface area (Å²) in [5, 5.41) is 3.29. The molecule has 4 rings (SSSR count). The molecule has 2 aromatic heterocycles. The first-order valence-corrected chi connectivity index (χ1v) is 9.78. The van der Waals surface area contributed by atoms with Crippen LogP contribution in [0.2, 0.25) is 0 Å². The summed E-state index contributed by atoms with van der Waals surface area (Å²) in [6, 6.07) is 9.06. The molecule has 1 saturated carbocycles. The van der Waals surface area contributed by atoms with Crippen LogP contribution in [0.5, 0.6) is 0 Å². The number of fused-ring (bicyclic) bond motifs is 1. The molecule has 3 aromatic rings. The van der Waals surface area contributed by atoms with Gasteiger partial charge < -0.3 is 14.6 Å². The third-order valence-electron chi connectivity index (χ3n) is 4.69. The van der Waals surface area contributed by atoms with Crippen molar-refractivity contribution >= 4 is 33.4 Å². The molecular weight excluding hydrogens is 378 g/mol. The first kappa shape index (κ1) is 18.4. The molecule has 0 spiro atoms. The van der Waals surface area contributed by atoms with Gasteiger partial charge in [0.1, 0.15) is 9.71 Å². The van der Waals surface area contributed by atoms with Crippen molar-refractivity contribution < 1.29 is 14.3 Å². The maximum atomic E-state index is 12.9. The Morgan fingerprint density at radius 1 is 1.29 bits per heavy atom. The molecule has 28 heavy (non-hydrogen) atoms. The number of ether oxygens (including phenoxy) is 1. The van der Waals surface area contributed by atoms with Gasteiger partial charge in [-0.25, -0.2) is 9.78 Å². The number of nitrogens with zero attached hydrogens (tertiary/aromatic N) is 2. The molecule has 0 bridgehead atoms. The van der Waals surface area contributed by atoms with E-state index < -0.39 is 12.1 Å². The number of hydrogen-bond acceptors (Lipinski definition) is 6. The summed E-state index contributed by atoms with van der Waals surface area (Å²) in [4.78, 5) is 42.9. The predicted octanol–water partition coefficient (Wildman–Crippen LogP) is 2.48. The topological polar surface area (TPSA) is 90.3 Å². The van der Waals surface area contributed by atoms with Crippen molar-refractivity contribution in [2.45, 2.75) is 31.9 Å². The maximum absolute atomic E-state index is 12.9. The molecule has 0 aliphatic heterocycles. The number of carbonyl (C=O) groups excluding carboxylic acids is 2. The van der Waals surface area contributed by atoms with Gasteiger partial charge in [-0.3, -0.25) is 9.59 Å². The van der Waals surface area contributed by atoms with Gasteiger partial charge >= 0.3 is 5.97 Å². The zero-order valence-electron chi connectivity index (χ0n) is 15.5. The molecule has 1 aromatic carbocycles. The van der Waals surface area contributed by atoms with E-state index in [1.807, 2.05) is 6.07 Å². The van der Waals surface area contributed by atoms with Crippen molar-refractivity contribution in [2.24, 2.45) is 7.05 Å². The van der Waals surface area contributed by atoms with Crippen molar-refractivity contribution in [1.82, 2.24) is 14.9 Å². The van der Waals surface area contributed by atoms with Crippen LogP contribution in [-0.2, 0) is 16.6 Å². The van der Waals surface area contributed by atoms with Gasteiger partial charge in [-0.2, -0.15) is 0 Å². The lowest BCUT2D eigenvalue weighted by molar-refractivity contribution is -0.130. The number of aryl methyl sites for hydroxylation is 2. The Kier molecular flexibility index (Phi) is 4.72. The Hall–Kier alpha value is -3.00. The summed E-state index contributed by atoms with van der Waals surface area (Å²) in [7, 11) is 1.61. The van der Waals surface area contributed by atoms with E-state index >= 15 is 0 Å². The van der Waals surface area contributed by atoms with E-state index in [1.54, 1.807) is 38.2 Å². The van der Waals surface area contributed by atoms with Crippen molar-refractivity contribution in [3.8, 4) is 0 Å². The summed E-state index contributed by atoms with van der Waals surface area (Å²) in [5.74, 6) is -0.975. The minimum absolute atomic E-state index is 0.149. The number of carbonyl (C=O) groups is 2. The summed E-state index contributed by atoms with van der Waals surface area (Å²) in [6.07, 6.45) is 2.25. The highest BCUT2D eigenvalue weighted by Gasteiger charge is 2.32. The van der Waals surface area contributed by atoms with Crippen LogP contribution >= 0.6 is 11.3 Å². The number of thiophene rings is 1.